The third kappa shape index (κ3) is 3.13. The van der Waals surface area contributed by atoms with Crippen molar-refractivity contribution < 1.29 is 14.3 Å². The monoisotopic (exact) mass is 224 g/mol. The predicted molar refractivity (Wildman–Crippen MR) is 60.7 cm³/mol. The fourth-order valence-corrected chi connectivity index (χ4v) is 1.20. The van der Waals surface area contributed by atoms with Crippen LogP contribution < -0.4 is 20.9 Å². The Morgan fingerprint density at radius 3 is 2.69 bits per heavy atom. The van der Waals surface area contributed by atoms with E-state index in [1.54, 1.807) is 18.2 Å². The van der Waals surface area contributed by atoms with Gasteiger partial charge in [0.05, 0.1) is 12.7 Å². The molecular formula is C11H16N2O3. The van der Waals surface area contributed by atoms with Crippen LogP contribution in [0.4, 0.5) is 0 Å². The molecule has 1 atom stereocenters. The second-order valence-corrected chi connectivity index (χ2v) is 3.51. The van der Waals surface area contributed by atoms with Gasteiger partial charge in [-0.1, -0.05) is 0 Å². The van der Waals surface area contributed by atoms with Crippen molar-refractivity contribution in [1.82, 2.24) is 0 Å². The Morgan fingerprint density at radius 2 is 2.19 bits per heavy atom. The van der Waals surface area contributed by atoms with E-state index in [2.05, 4.69) is 0 Å². The quantitative estimate of drug-likeness (QED) is 0.763. The lowest BCUT2D eigenvalue weighted by Crippen LogP contribution is -2.23. The molecule has 5 heteroatoms. The van der Waals surface area contributed by atoms with Crippen LogP contribution in [0.15, 0.2) is 18.2 Å². The molecule has 88 valence electrons. The molecule has 0 saturated carbocycles. The van der Waals surface area contributed by atoms with Gasteiger partial charge in [-0.3, -0.25) is 4.79 Å². The summed E-state index contributed by atoms with van der Waals surface area (Å²) in [6.45, 7) is 2.21. The minimum Gasteiger partial charge on any atom is -0.496 e. The highest BCUT2D eigenvalue weighted by Crippen LogP contribution is 2.23. The highest BCUT2D eigenvalue weighted by Gasteiger charge is 2.10. The largest absolute Gasteiger partial charge is 0.496 e. The summed E-state index contributed by atoms with van der Waals surface area (Å²) in [7, 11) is 1.48. The van der Waals surface area contributed by atoms with E-state index < -0.39 is 5.91 Å². The van der Waals surface area contributed by atoms with Crippen LogP contribution in [0, 0.1) is 0 Å². The summed E-state index contributed by atoms with van der Waals surface area (Å²) in [5, 5.41) is 0. The summed E-state index contributed by atoms with van der Waals surface area (Å²) in [6, 6.07) is 4.81. The van der Waals surface area contributed by atoms with Gasteiger partial charge in [0.1, 0.15) is 18.1 Å². The van der Waals surface area contributed by atoms with Gasteiger partial charge in [-0.2, -0.15) is 0 Å². The maximum atomic E-state index is 11.1. The number of benzene rings is 1. The Labute approximate surface area is 94.3 Å². The summed E-state index contributed by atoms with van der Waals surface area (Å²) in [5.41, 5.74) is 11.1. The zero-order valence-corrected chi connectivity index (χ0v) is 9.40. The van der Waals surface area contributed by atoms with E-state index in [-0.39, 0.29) is 6.04 Å². The third-order valence-electron chi connectivity index (χ3n) is 1.95. The first-order valence-electron chi connectivity index (χ1n) is 4.90. The van der Waals surface area contributed by atoms with Crippen molar-refractivity contribution in [3.8, 4) is 11.5 Å². The minimum absolute atomic E-state index is 0.0703. The van der Waals surface area contributed by atoms with Gasteiger partial charge in [-0.05, 0) is 25.1 Å². The average Bonchev–Trinajstić information content (AvgIpc) is 2.25. The van der Waals surface area contributed by atoms with E-state index in [9.17, 15) is 4.79 Å². The fourth-order valence-electron chi connectivity index (χ4n) is 1.20. The van der Waals surface area contributed by atoms with Gasteiger partial charge >= 0.3 is 0 Å². The van der Waals surface area contributed by atoms with E-state index in [1.165, 1.54) is 7.11 Å². The van der Waals surface area contributed by atoms with Crippen LogP contribution in [0.1, 0.15) is 17.3 Å². The van der Waals surface area contributed by atoms with Crippen LogP contribution >= 0.6 is 0 Å². The zero-order chi connectivity index (χ0) is 12.1. The number of carbonyl (C=O) groups excluding carboxylic acids is 1. The van der Waals surface area contributed by atoms with E-state index in [0.29, 0.717) is 23.7 Å². The number of amides is 1. The van der Waals surface area contributed by atoms with Crippen LogP contribution in [0.5, 0.6) is 11.5 Å². The molecule has 0 aromatic heterocycles. The summed E-state index contributed by atoms with van der Waals surface area (Å²) in [4.78, 5) is 11.1. The standard InChI is InChI=1S/C11H16N2O3/c1-7(12)6-16-8-3-4-10(15-2)9(5-8)11(13)14/h3-5,7H,6,12H2,1-2H3,(H2,13,14). The summed E-state index contributed by atoms with van der Waals surface area (Å²) < 4.78 is 10.4. The van der Waals surface area contributed by atoms with Crippen molar-refractivity contribution in [3.63, 3.8) is 0 Å². The van der Waals surface area contributed by atoms with Crippen molar-refractivity contribution >= 4 is 5.91 Å². The number of hydrogen-bond donors (Lipinski definition) is 2. The van der Waals surface area contributed by atoms with E-state index in [0.717, 1.165) is 0 Å². The van der Waals surface area contributed by atoms with Crippen LogP contribution in [0.3, 0.4) is 0 Å². The maximum absolute atomic E-state index is 11.1. The first-order chi connectivity index (χ1) is 7.54. The second-order valence-electron chi connectivity index (χ2n) is 3.51. The molecule has 1 amide bonds. The van der Waals surface area contributed by atoms with E-state index in [4.69, 9.17) is 20.9 Å². The molecule has 1 rings (SSSR count). The second kappa shape index (κ2) is 5.37. The first kappa shape index (κ1) is 12.3. The number of ether oxygens (including phenoxy) is 2. The molecule has 1 unspecified atom stereocenters. The molecule has 0 saturated heterocycles. The lowest BCUT2D eigenvalue weighted by atomic mass is 10.2. The Hall–Kier alpha value is -1.75. The Bertz CT molecular complexity index is 377. The van der Waals surface area contributed by atoms with Crippen molar-refractivity contribution in [2.75, 3.05) is 13.7 Å². The van der Waals surface area contributed by atoms with Gasteiger partial charge in [0.25, 0.3) is 5.91 Å². The predicted octanol–water partition coefficient (Wildman–Crippen LogP) is 0.520. The number of nitrogens with two attached hydrogens (primary N) is 2. The smallest absolute Gasteiger partial charge is 0.252 e. The molecule has 4 N–H and O–H groups in total. The summed E-state index contributed by atoms with van der Waals surface area (Å²) >= 11 is 0. The van der Waals surface area contributed by atoms with Crippen molar-refractivity contribution in [2.45, 2.75) is 13.0 Å². The first-order valence-corrected chi connectivity index (χ1v) is 4.90. The van der Waals surface area contributed by atoms with Crippen molar-refractivity contribution in [2.24, 2.45) is 11.5 Å². The lowest BCUT2D eigenvalue weighted by Gasteiger charge is -2.11. The molecule has 0 radical (unpaired) electrons. The van der Waals surface area contributed by atoms with Crippen LogP contribution in [0.2, 0.25) is 0 Å². The third-order valence-corrected chi connectivity index (χ3v) is 1.95. The molecule has 0 spiro atoms. The number of methoxy groups -OCH3 is 1. The highest BCUT2D eigenvalue weighted by atomic mass is 16.5. The molecule has 16 heavy (non-hydrogen) atoms. The Morgan fingerprint density at radius 1 is 1.50 bits per heavy atom. The molecule has 0 aliphatic rings. The van der Waals surface area contributed by atoms with Gasteiger partial charge in [0, 0.05) is 6.04 Å². The molecule has 0 aliphatic carbocycles. The Balaban J connectivity index is 2.89. The highest BCUT2D eigenvalue weighted by molar-refractivity contribution is 5.96. The van der Waals surface area contributed by atoms with Gasteiger partial charge in [0.15, 0.2) is 0 Å². The van der Waals surface area contributed by atoms with Crippen LogP contribution in [0.25, 0.3) is 0 Å². The lowest BCUT2D eigenvalue weighted by molar-refractivity contribution is 0.0997. The molecule has 1 aromatic rings. The molecule has 0 fully saturated rings. The molecule has 0 heterocycles. The summed E-state index contributed by atoms with van der Waals surface area (Å²) in [5.74, 6) is 0.427. The van der Waals surface area contributed by atoms with E-state index >= 15 is 0 Å². The maximum Gasteiger partial charge on any atom is 0.252 e. The molecular weight excluding hydrogens is 208 g/mol. The number of rotatable bonds is 5. The van der Waals surface area contributed by atoms with E-state index in [1.807, 2.05) is 6.92 Å². The van der Waals surface area contributed by atoms with Crippen molar-refractivity contribution in [1.29, 1.82) is 0 Å². The van der Waals surface area contributed by atoms with Gasteiger partial charge in [0.2, 0.25) is 0 Å². The Kier molecular flexibility index (Phi) is 4.13. The van der Waals surface area contributed by atoms with Gasteiger partial charge in [-0.25, -0.2) is 0 Å². The SMILES string of the molecule is COc1ccc(OCC(C)N)cc1C(N)=O. The minimum atomic E-state index is -0.553. The average molecular weight is 224 g/mol. The van der Waals surface area contributed by atoms with Crippen LogP contribution in [-0.2, 0) is 0 Å². The molecule has 0 aliphatic heterocycles. The van der Waals surface area contributed by atoms with Crippen LogP contribution in [-0.4, -0.2) is 25.7 Å². The molecule has 0 bridgehead atoms. The zero-order valence-electron chi connectivity index (χ0n) is 9.40. The summed E-state index contributed by atoms with van der Waals surface area (Å²) in [6.07, 6.45) is 0. The number of carbonyl (C=O) groups is 1. The van der Waals surface area contributed by atoms with Gasteiger partial charge in [-0.15, -0.1) is 0 Å². The number of hydrogen-bond acceptors (Lipinski definition) is 4. The van der Waals surface area contributed by atoms with Gasteiger partial charge < -0.3 is 20.9 Å². The normalized spacial score (nSPS) is 11.9. The fraction of sp³-hybridized carbons (Fsp3) is 0.364. The molecule has 5 nitrogen and oxygen atoms in total. The molecule has 1 aromatic carbocycles. The number of primary amides is 1. The van der Waals surface area contributed by atoms with Crippen molar-refractivity contribution in [3.05, 3.63) is 23.8 Å². The topological polar surface area (TPSA) is 87.6 Å².